The molecule has 2 atom stereocenters. The lowest BCUT2D eigenvalue weighted by atomic mass is 10.1. The quantitative estimate of drug-likeness (QED) is 0.851. The largest absolute Gasteiger partial charge is 0.373 e. The van der Waals surface area contributed by atoms with Gasteiger partial charge in [0.2, 0.25) is 0 Å². The van der Waals surface area contributed by atoms with Crippen molar-refractivity contribution >= 4 is 17.2 Å². The van der Waals surface area contributed by atoms with Crippen LogP contribution < -0.4 is 4.90 Å². The first-order chi connectivity index (χ1) is 10.8. The van der Waals surface area contributed by atoms with E-state index in [4.69, 9.17) is 4.74 Å². The first kappa shape index (κ1) is 14.0. The third-order valence-electron chi connectivity index (χ3n) is 4.30. The maximum atomic E-state index is 5.98. The van der Waals surface area contributed by atoms with Crippen LogP contribution in [-0.4, -0.2) is 58.5 Å². The lowest BCUT2D eigenvalue weighted by Gasteiger charge is -2.37. The van der Waals surface area contributed by atoms with E-state index in [0.717, 1.165) is 44.3 Å². The Morgan fingerprint density at radius 1 is 1.32 bits per heavy atom. The second-order valence-corrected chi connectivity index (χ2v) is 6.80. The molecule has 0 aromatic carbocycles. The van der Waals surface area contributed by atoms with Crippen LogP contribution in [0.15, 0.2) is 23.7 Å². The van der Waals surface area contributed by atoms with Crippen LogP contribution in [0.3, 0.4) is 0 Å². The standard InChI is InChI=1S/C15H19N5OS/c1-11-2-3-14(18-17-11)20-5-6-21-13-9-19(8-12(13)20)10-15-16-4-7-22-15/h2-4,7,12-13H,5-6,8-10H2,1H3/t12-,13+/m1/s1. The van der Waals surface area contributed by atoms with E-state index >= 15 is 0 Å². The van der Waals surface area contributed by atoms with Gasteiger partial charge in [-0.05, 0) is 19.1 Å². The number of nitrogens with zero attached hydrogens (tertiary/aromatic N) is 5. The molecule has 0 spiro atoms. The van der Waals surface area contributed by atoms with Crippen molar-refractivity contribution in [2.75, 3.05) is 31.1 Å². The fraction of sp³-hybridized carbons (Fsp3) is 0.533. The second kappa shape index (κ2) is 5.91. The minimum atomic E-state index is 0.247. The lowest BCUT2D eigenvalue weighted by Crippen LogP contribution is -2.51. The van der Waals surface area contributed by atoms with Gasteiger partial charge in [-0.2, -0.15) is 5.10 Å². The molecule has 0 amide bonds. The van der Waals surface area contributed by atoms with E-state index in [1.807, 2.05) is 24.6 Å². The van der Waals surface area contributed by atoms with Crippen LogP contribution in [0.4, 0.5) is 5.82 Å². The molecule has 2 saturated heterocycles. The highest BCUT2D eigenvalue weighted by molar-refractivity contribution is 7.09. The first-order valence-electron chi connectivity index (χ1n) is 7.59. The molecule has 6 nitrogen and oxygen atoms in total. The third kappa shape index (κ3) is 2.71. The van der Waals surface area contributed by atoms with Crippen LogP contribution in [0.1, 0.15) is 10.7 Å². The predicted octanol–water partition coefficient (Wildman–Crippen LogP) is 1.33. The summed E-state index contributed by atoms with van der Waals surface area (Å²) in [6.07, 6.45) is 2.12. The summed E-state index contributed by atoms with van der Waals surface area (Å²) in [5, 5.41) is 11.7. The minimum absolute atomic E-state index is 0.247. The molecule has 0 unspecified atom stereocenters. The summed E-state index contributed by atoms with van der Waals surface area (Å²) in [5.41, 5.74) is 0.949. The van der Waals surface area contributed by atoms with Crippen molar-refractivity contribution < 1.29 is 4.74 Å². The summed E-state index contributed by atoms with van der Waals surface area (Å²) in [6.45, 7) is 6.44. The summed E-state index contributed by atoms with van der Waals surface area (Å²) >= 11 is 1.71. The van der Waals surface area contributed by atoms with Crippen molar-refractivity contribution in [2.45, 2.75) is 25.6 Å². The van der Waals surface area contributed by atoms with E-state index in [1.54, 1.807) is 11.3 Å². The molecule has 2 fully saturated rings. The van der Waals surface area contributed by atoms with Gasteiger partial charge in [0.25, 0.3) is 0 Å². The van der Waals surface area contributed by atoms with Crippen molar-refractivity contribution in [3.05, 3.63) is 34.4 Å². The summed E-state index contributed by atoms with van der Waals surface area (Å²) in [6, 6.07) is 4.44. The smallest absolute Gasteiger partial charge is 0.151 e. The molecule has 7 heteroatoms. The fourth-order valence-corrected chi connectivity index (χ4v) is 3.90. The molecule has 2 aliphatic rings. The third-order valence-corrected chi connectivity index (χ3v) is 5.06. The van der Waals surface area contributed by atoms with Crippen LogP contribution in [0.5, 0.6) is 0 Å². The van der Waals surface area contributed by atoms with E-state index in [0.29, 0.717) is 6.04 Å². The van der Waals surface area contributed by atoms with Crippen LogP contribution in [-0.2, 0) is 11.3 Å². The van der Waals surface area contributed by atoms with Crippen molar-refractivity contribution in [3.63, 3.8) is 0 Å². The molecule has 2 aromatic heterocycles. The number of thiazole rings is 1. The summed E-state index contributed by atoms with van der Waals surface area (Å²) in [4.78, 5) is 9.16. The Morgan fingerprint density at radius 2 is 2.27 bits per heavy atom. The van der Waals surface area contributed by atoms with Crippen LogP contribution >= 0.6 is 11.3 Å². The molecular weight excluding hydrogens is 298 g/mol. The van der Waals surface area contributed by atoms with Gasteiger partial charge in [-0.3, -0.25) is 4.90 Å². The zero-order valence-electron chi connectivity index (χ0n) is 12.6. The molecule has 0 aliphatic carbocycles. The van der Waals surface area contributed by atoms with Gasteiger partial charge in [-0.25, -0.2) is 4.98 Å². The van der Waals surface area contributed by atoms with E-state index in [1.165, 1.54) is 5.01 Å². The molecule has 22 heavy (non-hydrogen) atoms. The van der Waals surface area contributed by atoms with Crippen LogP contribution in [0.25, 0.3) is 0 Å². The highest BCUT2D eigenvalue weighted by Crippen LogP contribution is 2.27. The maximum absolute atomic E-state index is 5.98. The maximum Gasteiger partial charge on any atom is 0.151 e. The van der Waals surface area contributed by atoms with Gasteiger partial charge >= 0.3 is 0 Å². The average molecular weight is 317 g/mol. The molecule has 0 N–H and O–H groups in total. The second-order valence-electron chi connectivity index (χ2n) is 5.82. The van der Waals surface area contributed by atoms with E-state index in [-0.39, 0.29) is 6.10 Å². The average Bonchev–Trinajstić information content (AvgIpc) is 3.17. The summed E-state index contributed by atoms with van der Waals surface area (Å²) < 4.78 is 5.98. The zero-order valence-corrected chi connectivity index (χ0v) is 13.4. The van der Waals surface area contributed by atoms with Crippen LogP contribution in [0, 0.1) is 6.92 Å². The number of aromatic nitrogens is 3. The van der Waals surface area contributed by atoms with E-state index < -0.39 is 0 Å². The van der Waals surface area contributed by atoms with E-state index in [9.17, 15) is 0 Å². The van der Waals surface area contributed by atoms with Crippen molar-refractivity contribution in [3.8, 4) is 0 Å². The molecular formula is C15H19N5OS. The van der Waals surface area contributed by atoms with Crippen molar-refractivity contribution in [1.29, 1.82) is 0 Å². The van der Waals surface area contributed by atoms with Gasteiger partial charge in [0.1, 0.15) is 5.01 Å². The van der Waals surface area contributed by atoms with Crippen molar-refractivity contribution in [1.82, 2.24) is 20.1 Å². The van der Waals surface area contributed by atoms with Gasteiger partial charge in [0, 0.05) is 31.2 Å². The highest BCUT2D eigenvalue weighted by Gasteiger charge is 2.40. The van der Waals surface area contributed by atoms with Gasteiger partial charge in [0.15, 0.2) is 5.82 Å². The van der Waals surface area contributed by atoms with Gasteiger partial charge < -0.3 is 9.64 Å². The molecule has 116 valence electrons. The Labute approximate surface area is 133 Å². The molecule has 2 aromatic rings. The number of likely N-dealkylation sites (tertiary alicyclic amines) is 1. The highest BCUT2D eigenvalue weighted by atomic mass is 32.1. The molecule has 0 radical (unpaired) electrons. The number of ether oxygens (including phenoxy) is 1. The van der Waals surface area contributed by atoms with Crippen molar-refractivity contribution in [2.24, 2.45) is 0 Å². The molecule has 4 rings (SSSR count). The number of hydrogen-bond acceptors (Lipinski definition) is 7. The summed E-state index contributed by atoms with van der Waals surface area (Å²) in [5.74, 6) is 0.958. The Balaban J connectivity index is 1.50. The SMILES string of the molecule is Cc1ccc(N2CCO[C@H]3CN(Cc4nccs4)C[C@H]32)nn1. The lowest BCUT2D eigenvalue weighted by molar-refractivity contribution is 0.0303. The number of morpholine rings is 1. The molecule has 0 saturated carbocycles. The Kier molecular flexibility index (Phi) is 3.77. The molecule has 0 bridgehead atoms. The van der Waals surface area contributed by atoms with Crippen LogP contribution in [0.2, 0.25) is 0 Å². The fourth-order valence-electron chi connectivity index (χ4n) is 3.25. The number of anilines is 1. The number of aryl methyl sites for hydroxylation is 1. The van der Waals surface area contributed by atoms with Gasteiger partial charge in [-0.1, -0.05) is 0 Å². The minimum Gasteiger partial charge on any atom is -0.373 e. The Bertz CT molecular complexity index is 617. The monoisotopic (exact) mass is 317 g/mol. The topological polar surface area (TPSA) is 54.4 Å². The van der Waals surface area contributed by atoms with Gasteiger partial charge in [0.05, 0.1) is 31.0 Å². The number of fused-ring (bicyclic) bond motifs is 1. The zero-order chi connectivity index (χ0) is 14.9. The molecule has 2 aliphatic heterocycles. The van der Waals surface area contributed by atoms with E-state index in [2.05, 4.69) is 31.0 Å². The Hall–Kier alpha value is -1.57. The van der Waals surface area contributed by atoms with Gasteiger partial charge in [-0.15, -0.1) is 16.4 Å². The Morgan fingerprint density at radius 3 is 3.05 bits per heavy atom. The number of rotatable bonds is 3. The normalized spacial score (nSPS) is 25.4. The first-order valence-corrected chi connectivity index (χ1v) is 8.47. The number of hydrogen-bond donors (Lipinski definition) is 0. The predicted molar refractivity (Wildman–Crippen MR) is 85.0 cm³/mol. The molecule has 4 heterocycles. The summed E-state index contributed by atoms with van der Waals surface area (Å²) in [7, 11) is 0.